The first-order chi connectivity index (χ1) is 19.5. The van der Waals surface area contributed by atoms with Crippen LogP contribution in [-0.4, -0.2) is 36.4 Å². The van der Waals surface area contributed by atoms with Gasteiger partial charge in [0.25, 0.3) is 20.0 Å². The fourth-order valence-corrected chi connectivity index (χ4v) is 6.48. The molecule has 4 rings (SSSR count). The number of carbonyl (C=O) groups is 1. The molecule has 0 fully saturated rings. The van der Waals surface area contributed by atoms with Gasteiger partial charge in [0.1, 0.15) is 12.3 Å². The number of hydrogen-bond acceptors (Lipinski definition) is 6. The molecule has 0 spiro atoms. The zero-order chi connectivity index (χ0) is 29.6. The molecule has 0 radical (unpaired) electrons. The molecule has 4 aromatic rings. The van der Waals surface area contributed by atoms with Crippen molar-refractivity contribution < 1.29 is 26.4 Å². The molecule has 41 heavy (non-hydrogen) atoms. The van der Waals surface area contributed by atoms with E-state index in [9.17, 15) is 21.6 Å². The summed E-state index contributed by atoms with van der Waals surface area (Å²) in [4.78, 5) is 13.1. The van der Waals surface area contributed by atoms with Crippen LogP contribution in [0.2, 0.25) is 0 Å². The predicted molar refractivity (Wildman–Crippen MR) is 160 cm³/mol. The first-order valence-electron chi connectivity index (χ1n) is 12.7. The molecule has 9 nitrogen and oxygen atoms in total. The summed E-state index contributed by atoms with van der Waals surface area (Å²) in [5.41, 5.74) is 2.06. The van der Waals surface area contributed by atoms with Crippen molar-refractivity contribution in [3.8, 4) is 5.75 Å². The van der Waals surface area contributed by atoms with Crippen LogP contribution in [0.5, 0.6) is 5.75 Å². The van der Waals surface area contributed by atoms with Crippen LogP contribution in [-0.2, 0) is 24.8 Å². The number of anilines is 3. The number of methoxy groups -OCH3 is 1. The van der Waals surface area contributed by atoms with Crippen LogP contribution >= 0.6 is 0 Å². The van der Waals surface area contributed by atoms with Gasteiger partial charge in [-0.3, -0.25) is 13.8 Å². The van der Waals surface area contributed by atoms with Crippen molar-refractivity contribution in [1.82, 2.24) is 0 Å². The maximum Gasteiger partial charge on any atom is 0.264 e. The number of nitrogens with zero attached hydrogens (tertiary/aromatic N) is 1. The van der Waals surface area contributed by atoms with Crippen molar-refractivity contribution in [3.05, 3.63) is 109 Å². The average Bonchev–Trinajstić information content (AvgIpc) is 2.97. The molecule has 0 aliphatic rings. The molecular weight excluding hydrogens is 562 g/mol. The molecule has 0 saturated carbocycles. The van der Waals surface area contributed by atoms with E-state index in [4.69, 9.17) is 4.74 Å². The van der Waals surface area contributed by atoms with Gasteiger partial charge in [0.15, 0.2) is 0 Å². The molecule has 4 aromatic carbocycles. The standard InChI is InChI=1S/C30H31N3O6S2/c1-22(2)23-9-15-26(16-10-23)33(41(37,38)29-7-5-4-6-8-29)21-30(34)31-24-13-19-28(20-14-24)40(35,36)32-25-11-17-27(39-3)18-12-25/h4-20,22,32H,21H2,1-3H3,(H,31,34). The second-order valence-corrected chi connectivity index (χ2v) is 13.0. The molecule has 0 aliphatic carbocycles. The lowest BCUT2D eigenvalue weighted by molar-refractivity contribution is -0.114. The third kappa shape index (κ3) is 7.24. The summed E-state index contributed by atoms with van der Waals surface area (Å²) >= 11 is 0. The minimum Gasteiger partial charge on any atom is -0.497 e. The third-order valence-electron chi connectivity index (χ3n) is 6.26. The van der Waals surface area contributed by atoms with Gasteiger partial charge in [-0.2, -0.15) is 0 Å². The normalized spacial score (nSPS) is 11.6. The first kappa shape index (κ1) is 29.6. The van der Waals surface area contributed by atoms with Crippen molar-refractivity contribution in [2.24, 2.45) is 0 Å². The zero-order valence-electron chi connectivity index (χ0n) is 22.8. The van der Waals surface area contributed by atoms with E-state index in [0.29, 0.717) is 22.8 Å². The number of ether oxygens (including phenoxy) is 1. The Bertz CT molecular complexity index is 1690. The lowest BCUT2D eigenvalue weighted by Gasteiger charge is -2.24. The number of sulfonamides is 2. The summed E-state index contributed by atoms with van der Waals surface area (Å²) in [6.45, 7) is 3.58. The number of rotatable bonds is 11. The maximum absolute atomic E-state index is 13.5. The highest BCUT2D eigenvalue weighted by atomic mass is 32.2. The number of carbonyl (C=O) groups excluding carboxylic acids is 1. The smallest absolute Gasteiger partial charge is 0.264 e. The van der Waals surface area contributed by atoms with Crippen molar-refractivity contribution in [1.29, 1.82) is 0 Å². The quantitative estimate of drug-likeness (QED) is 0.238. The maximum atomic E-state index is 13.5. The molecule has 0 bridgehead atoms. The molecule has 0 aromatic heterocycles. The number of benzene rings is 4. The van der Waals surface area contributed by atoms with Gasteiger partial charge in [-0.25, -0.2) is 16.8 Å². The van der Waals surface area contributed by atoms with Crippen LogP contribution in [0.15, 0.2) is 113 Å². The van der Waals surface area contributed by atoms with Crippen molar-refractivity contribution in [3.63, 3.8) is 0 Å². The molecule has 0 atom stereocenters. The van der Waals surface area contributed by atoms with E-state index < -0.39 is 32.5 Å². The van der Waals surface area contributed by atoms with Crippen molar-refractivity contribution in [2.75, 3.05) is 28.0 Å². The summed E-state index contributed by atoms with van der Waals surface area (Å²) in [6.07, 6.45) is 0. The molecule has 0 unspecified atom stereocenters. The van der Waals surface area contributed by atoms with Gasteiger partial charge in [0.05, 0.1) is 22.6 Å². The van der Waals surface area contributed by atoms with Gasteiger partial charge in [-0.1, -0.05) is 44.2 Å². The molecule has 2 N–H and O–H groups in total. The third-order valence-corrected chi connectivity index (χ3v) is 9.44. The summed E-state index contributed by atoms with van der Waals surface area (Å²) in [5, 5.41) is 2.66. The molecule has 0 aliphatic heterocycles. The fraction of sp³-hybridized carbons (Fsp3) is 0.167. The highest BCUT2D eigenvalue weighted by Crippen LogP contribution is 2.26. The lowest BCUT2D eigenvalue weighted by atomic mass is 10.0. The Labute approximate surface area is 240 Å². The Morgan fingerprint density at radius 3 is 1.90 bits per heavy atom. The molecular formula is C30H31N3O6S2. The topological polar surface area (TPSA) is 122 Å². The molecule has 0 heterocycles. The fourth-order valence-electron chi connectivity index (χ4n) is 3.98. The second kappa shape index (κ2) is 12.4. The summed E-state index contributed by atoms with van der Waals surface area (Å²) < 4.78 is 61.3. The van der Waals surface area contributed by atoms with Crippen LogP contribution in [0.3, 0.4) is 0 Å². The largest absolute Gasteiger partial charge is 0.497 e. The Hall–Kier alpha value is -4.35. The van der Waals surface area contributed by atoms with E-state index in [1.165, 1.54) is 43.5 Å². The summed E-state index contributed by atoms with van der Waals surface area (Å²) in [7, 11) is -6.42. The lowest BCUT2D eigenvalue weighted by Crippen LogP contribution is -2.38. The van der Waals surface area contributed by atoms with Gasteiger partial charge in [0.2, 0.25) is 5.91 Å². The Morgan fingerprint density at radius 1 is 0.756 bits per heavy atom. The van der Waals surface area contributed by atoms with Crippen LogP contribution < -0.4 is 19.1 Å². The van der Waals surface area contributed by atoms with Gasteiger partial charge < -0.3 is 10.1 Å². The van der Waals surface area contributed by atoms with E-state index in [-0.39, 0.29) is 15.7 Å². The van der Waals surface area contributed by atoms with Gasteiger partial charge >= 0.3 is 0 Å². The van der Waals surface area contributed by atoms with Gasteiger partial charge in [-0.05, 0) is 84.3 Å². The predicted octanol–water partition coefficient (Wildman–Crippen LogP) is 5.45. The molecule has 11 heteroatoms. The average molecular weight is 594 g/mol. The minimum absolute atomic E-state index is 0.00941. The number of amides is 1. The van der Waals surface area contributed by atoms with E-state index in [2.05, 4.69) is 10.0 Å². The van der Waals surface area contributed by atoms with E-state index >= 15 is 0 Å². The highest BCUT2D eigenvalue weighted by molar-refractivity contribution is 7.93. The van der Waals surface area contributed by atoms with E-state index in [1.807, 2.05) is 26.0 Å². The van der Waals surface area contributed by atoms with Crippen LogP contribution in [0.1, 0.15) is 25.3 Å². The second-order valence-electron chi connectivity index (χ2n) is 9.48. The first-order valence-corrected chi connectivity index (χ1v) is 15.7. The molecule has 214 valence electrons. The minimum atomic E-state index is -4.06. The summed E-state index contributed by atoms with van der Waals surface area (Å²) in [6, 6.07) is 26.9. The Morgan fingerprint density at radius 2 is 1.34 bits per heavy atom. The van der Waals surface area contributed by atoms with Crippen LogP contribution in [0, 0.1) is 0 Å². The molecule has 0 saturated heterocycles. The van der Waals surface area contributed by atoms with Crippen molar-refractivity contribution >= 4 is 43.0 Å². The zero-order valence-corrected chi connectivity index (χ0v) is 24.4. The van der Waals surface area contributed by atoms with E-state index in [1.54, 1.807) is 54.6 Å². The Balaban J connectivity index is 1.51. The van der Waals surface area contributed by atoms with E-state index in [0.717, 1.165) is 9.87 Å². The van der Waals surface area contributed by atoms with Gasteiger partial charge in [-0.15, -0.1) is 0 Å². The number of hydrogen-bond donors (Lipinski definition) is 2. The highest BCUT2D eigenvalue weighted by Gasteiger charge is 2.27. The van der Waals surface area contributed by atoms with Gasteiger partial charge in [0, 0.05) is 11.4 Å². The van der Waals surface area contributed by atoms with Crippen LogP contribution in [0.4, 0.5) is 17.1 Å². The molecule has 1 amide bonds. The van der Waals surface area contributed by atoms with Crippen LogP contribution in [0.25, 0.3) is 0 Å². The van der Waals surface area contributed by atoms with Crippen molar-refractivity contribution in [2.45, 2.75) is 29.6 Å². The number of nitrogens with one attached hydrogen (secondary N) is 2. The Kier molecular flexibility index (Phi) is 8.99. The summed E-state index contributed by atoms with van der Waals surface area (Å²) in [5.74, 6) is 0.255. The monoisotopic (exact) mass is 593 g/mol. The SMILES string of the molecule is COc1ccc(NS(=O)(=O)c2ccc(NC(=O)CN(c3ccc(C(C)C)cc3)S(=O)(=O)c3ccccc3)cc2)cc1.